The van der Waals surface area contributed by atoms with Gasteiger partial charge < -0.3 is 10.2 Å². The largest absolute Gasteiger partial charge is 0.439 e. The summed E-state index contributed by atoms with van der Waals surface area (Å²) in [7, 11) is 0. The molecule has 0 atom stereocenters. The van der Waals surface area contributed by atoms with Crippen LogP contribution < -0.4 is 5.73 Å². The fourth-order valence-corrected chi connectivity index (χ4v) is 2.26. The van der Waals surface area contributed by atoms with Crippen molar-refractivity contribution in [2.75, 3.05) is 5.73 Å². The van der Waals surface area contributed by atoms with Gasteiger partial charge in [-0.3, -0.25) is 0 Å². The van der Waals surface area contributed by atoms with Crippen molar-refractivity contribution >= 4 is 16.8 Å². The second-order valence-electron chi connectivity index (χ2n) is 4.73. The zero-order valence-corrected chi connectivity index (χ0v) is 10.9. The Morgan fingerprint density at radius 2 is 1.89 bits per heavy atom. The van der Waals surface area contributed by atoms with Crippen molar-refractivity contribution in [1.29, 1.82) is 0 Å². The minimum Gasteiger partial charge on any atom is -0.439 e. The molecule has 0 bridgehead atoms. The van der Waals surface area contributed by atoms with E-state index in [4.69, 9.17) is 10.2 Å². The average Bonchev–Trinajstić information content (AvgIpc) is 2.82. The topological polar surface area (TPSA) is 52.0 Å². The summed E-state index contributed by atoms with van der Waals surface area (Å²) in [6.07, 6.45) is 1.72. The molecule has 0 spiro atoms. The number of nitrogen functional groups attached to an aromatic ring is 1. The van der Waals surface area contributed by atoms with Gasteiger partial charge in [0.25, 0.3) is 0 Å². The van der Waals surface area contributed by atoms with Gasteiger partial charge in [-0.25, -0.2) is 4.98 Å². The number of rotatable bonds is 3. The monoisotopic (exact) mass is 252 g/mol. The van der Waals surface area contributed by atoms with Crippen molar-refractivity contribution in [3.63, 3.8) is 0 Å². The highest BCUT2D eigenvalue weighted by Crippen LogP contribution is 2.22. The molecular weight excluding hydrogens is 236 g/mol. The van der Waals surface area contributed by atoms with Gasteiger partial charge in [-0.15, -0.1) is 0 Å². The lowest BCUT2D eigenvalue weighted by Gasteiger charge is -2.02. The summed E-state index contributed by atoms with van der Waals surface area (Å²) >= 11 is 0. The van der Waals surface area contributed by atoms with Crippen LogP contribution in [0, 0.1) is 6.92 Å². The maximum Gasteiger partial charge on any atom is 0.195 e. The quantitative estimate of drug-likeness (QED) is 0.726. The van der Waals surface area contributed by atoms with Crippen molar-refractivity contribution in [1.82, 2.24) is 4.98 Å². The van der Waals surface area contributed by atoms with E-state index in [1.165, 1.54) is 11.1 Å². The van der Waals surface area contributed by atoms with E-state index in [1.807, 2.05) is 18.2 Å². The Kier molecular flexibility index (Phi) is 2.95. The van der Waals surface area contributed by atoms with Gasteiger partial charge in [-0.05, 0) is 36.6 Å². The number of fused-ring (bicyclic) bond motifs is 1. The molecule has 2 aromatic carbocycles. The standard InChI is InChI=1S/C16H16N2O/c1-11-5-2-3-6-12(11)9-10-15-18-14-8-4-7-13(17)16(14)19-15/h2-8H,9-10,17H2,1H3. The van der Waals surface area contributed by atoms with Crippen LogP contribution in [0.4, 0.5) is 5.69 Å². The Morgan fingerprint density at radius 3 is 2.68 bits per heavy atom. The van der Waals surface area contributed by atoms with E-state index in [2.05, 4.69) is 36.2 Å². The van der Waals surface area contributed by atoms with Gasteiger partial charge in [-0.2, -0.15) is 0 Å². The van der Waals surface area contributed by atoms with E-state index in [1.54, 1.807) is 0 Å². The molecule has 0 aliphatic heterocycles. The molecule has 0 saturated carbocycles. The molecule has 0 saturated heterocycles. The molecule has 3 aromatic rings. The third-order valence-electron chi connectivity index (χ3n) is 3.36. The molecule has 0 radical (unpaired) electrons. The number of benzene rings is 2. The maximum atomic E-state index is 5.87. The van der Waals surface area contributed by atoms with E-state index in [9.17, 15) is 0 Å². The first kappa shape index (κ1) is 11.8. The third kappa shape index (κ3) is 2.32. The molecular formula is C16H16N2O. The molecule has 0 unspecified atom stereocenters. The molecule has 0 aliphatic rings. The van der Waals surface area contributed by atoms with Crippen LogP contribution in [0.1, 0.15) is 17.0 Å². The van der Waals surface area contributed by atoms with Gasteiger partial charge in [0.15, 0.2) is 11.5 Å². The molecule has 19 heavy (non-hydrogen) atoms. The van der Waals surface area contributed by atoms with Gasteiger partial charge in [0.1, 0.15) is 5.52 Å². The van der Waals surface area contributed by atoms with Crippen LogP contribution in [-0.4, -0.2) is 4.98 Å². The van der Waals surface area contributed by atoms with Gasteiger partial charge in [0, 0.05) is 6.42 Å². The fraction of sp³-hybridized carbons (Fsp3) is 0.188. The van der Waals surface area contributed by atoms with Crippen LogP contribution in [0.2, 0.25) is 0 Å². The Labute approximate surface area is 112 Å². The van der Waals surface area contributed by atoms with Crippen molar-refractivity contribution in [3.05, 3.63) is 59.5 Å². The molecule has 0 amide bonds. The lowest BCUT2D eigenvalue weighted by atomic mass is 10.0. The summed E-state index contributed by atoms with van der Waals surface area (Å²) in [6, 6.07) is 14.0. The van der Waals surface area contributed by atoms with E-state index in [-0.39, 0.29) is 0 Å². The number of nitrogens with zero attached hydrogens (tertiary/aromatic N) is 1. The molecule has 2 N–H and O–H groups in total. The first-order chi connectivity index (χ1) is 9.24. The lowest BCUT2D eigenvalue weighted by Crippen LogP contribution is -1.93. The van der Waals surface area contributed by atoms with Crippen molar-refractivity contribution < 1.29 is 4.42 Å². The molecule has 3 nitrogen and oxygen atoms in total. The van der Waals surface area contributed by atoms with Crippen LogP contribution in [0.15, 0.2) is 46.9 Å². The van der Waals surface area contributed by atoms with Crippen molar-refractivity contribution in [2.24, 2.45) is 0 Å². The molecule has 1 aromatic heterocycles. The van der Waals surface area contributed by atoms with E-state index < -0.39 is 0 Å². The zero-order valence-electron chi connectivity index (χ0n) is 10.9. The number of oxazole rings is 1. The third-order valence-corrected chi connectivity index (χ3v) is 3.36. The van der Waals surface area contributed by atoms with E-state index in [0.717, 1.165) is 24.2 Å². The molecule has 3 heteroatoms. The Balaban J connectivity index is 1.83. The number of nitrogens with two attached hydrogens (primary N) is 1. The predicted octanol–water partition coefficient (Wildman–Crippen LogP) is 3.50. The lowest BCUT2D eigenvalue weighted by molar-refractivity contribution is 0.529. The summed E-state index contributed by atoms with van der Waals surface area (Å²) in [5.74, 6) is 0.746. The molecule has 0 aliphatic carbocycles. The summed E-state index contributed by atoms with van der Waals surface area (Å²) in [6.45, 7) is 2.12. The molecule has 1 heterocycles. The van der Waals surface area contributed by atoms with Crippen LogP contribution >= 0.6 is 0 Å². The van der Waals surface area contributed by atoms with Crippen LogP contribution in [0.25, 0.3) is 11.1 Å². The van der Waals surface area contributed by atoms with Crippen molar-refractivity contribution in [3.8, 4) is 0 Å². The van der Waals surface area contributed by atoms with E-state index >= 15 is 0 Å². The highest BCUT2D eigenvalue weighted by atomic mass is 16.3. The zero-order chi connectivity index (χ0) is 13.2. The van der Waals surface area contributed by atoms with Crippen LogP contribution in [0.5, 0.6) is 0 Å². The first-order valence-corrected chi connectivity index (χ1v) is 6.42. The average molecular weight is 252 g/mol. The summed E-state index contributed by atoms with van der Waals surface area (Å²) in [4.78, 5) is 4.47. The Hall–Kier alpha value is -2.29. The van der Waals surface area contributed by atoms with Gasteiger partial charge in [0.05, 0.1) is 5.69 Å². The smallest absolute Gasteiger partial charge is 0.195 e. The second kappa shape index (κ2) is 4.76. The number of para-hydroxylation sites is 1. The molecule has 96 valence electrons. The first-order valence-electron chi connectivity index (χ1n) is 6.42. The molecule has 0 fully saturated rings. The minimum atomic E-state index is 0.646. The Bertz CT molecular complexity index is 716. The maximum absolute atomic E-state index is 5.87. The number of hydrogen-bond donors (Lipinski definition) is 1. The highest BCUT2D eigenvalue weighted by Gasteiger charge is 2.08. The number of hydrogen-bond acceptors (Lipinski definition) is 3. The minimum absolute atomic E-state index is 0.646. The number of aromatic nitrogens is 1. The summed E-state index contributed by atoms with van der Waals surface area (Å²) in [5.41, 5.74) is 10.7. The number of aryl methyl sites for hydroxylation is 3. The molecule has 3 rings (SSSR count). The van der Waals surface area contributed by atoms with Gasteiger partial charge in [-0.1, -0.05) is 30.3 Å². The normalized spacial score (nSPS) is 11.0. The highest BCUT2D eigenvalue weighted by molar-refractivity contribution is 5.84. The van der Waals surface area contributed by atoms with Crippen molar-refractivity contribution in [2.45, 2.75) is 19.8 Å². The van der Waals surface area contributed by atoms with Gasteiger partial charge >= 0.3 is 0 Å². The second-order valence-corrected chi connectivity index (χ2v) is 4.73. The SMILES string of the molecule is Cc1ccccc1CCc1nc2cccc(N)c2o1. The van der Waals surface area contributed by atoms with Crippen LogP contribution in [0.3, 0.4) is 0 Å². The Morgan fingerprint density at radius 1 is 1.05 bits per heavy atom. The number of anilines is 1. The van der Waals surface area contributed by atoms with Crippen LogP contribution in [-0.2, 0) is 12.8 Å². The fourth-order valence-electron chi connectivity index (χ4n) is 2.26. The predicted molar refractivity (Wildman–Crippen MR) is 77.0 cm³/mol. The summed E-state index contributed by atoms with van der Waals surface area (Å²) in [5, 5.41) is 0. The van der Waals surface area contributed by atoms with Gasteiger partial charge in [0.2, 0.25) is 0 Å². The summed E-state index contributed by atoms with van der Waals surface area (Å²) < 4.78 is 5.72. The van der Waals surface area contributed by atoms with E-state index in [0.29, 0.717) is 11.3 Å².